The van der Waals surface area contributed by atoms with Crippen molar-refractivity contribution in [1.29, 1.82) is 0 Å². The summed E-state index contributed by atoms with van der Waals surface area (Å²) in [5.41, 5.74) is 0. The van der Waals surface area contributed by atoms with Gasteiger partial charge >= 0.3 is 18.0 Å². The molecule has 0 aromatic carbocycles. The molecule has 0 aliphatic carbocycles. The number of hydrogen-bond donors (Lipinski definition) is 1. The molecule has 8 heteroatoms. The van der Waals surface area contributed by atoms with Crippen LogP contribution in [0.15, 0.2) is 0 Å². The zero-order chi connectivity index (χ0) is 13.3. The Morgan fingerprint density at radius 2 is 1.94 bits per heavy atom. The third kappa shape index (κ3) is 3.05. The molecule has 1 N–H and O–H groups in total. The second-order valence-electron chi connectivity index (χ2n) is 3.89. The smallest absolute Gasteiger partial charge is 0.376 e. The number of halogens is 5. The molecular formula is C9H12F5NO2. The number of nitrogens with one attached hydrogen (secondary N) is 1. The second kappa shape index (κ2) is 4.75. The Morgan fingerprint density at radius 1 is 1.35 bits per heavy atom. The Bertz CT molecular complexity index is 286. The van der Waals surface area contributed by atoms with Crippen LogP contribution in [0.2, 0.25) is 0 Å². The first kappa shape index (κ1) is 14.1. The summed E-state index contributed by atoms with van der Waals surface area (Å²) >= 11 is 0. The molecule has 1 amide bonds. The van der Waals surface area contributed by atoms with E-state index in [4.69, 9.17) is 4.74 Å². The highest BCUT2D eigenvalue weighted by atomic mass is 19.4. The first-order valence-electron chi connectivity index (χ1n) is 5.03. The monoisotopic (exact) mass is 261 g/mol. The van der Waals surface area contributed by atoms with Gasteiger partial charge in [-0.3, -0.25) is 4.79 Å². The van der Waals surface area contributed by atoms with Gasteiger partial charge in [-0.05, 0) is 19.8 Å². The zero-order valence-corrected chi connectivity index (χ0v) is 8.98. The Kier molecular flexibility index (Phi) is 3.95. The van der Waals surface area contributed by atoms with Crippen molar-refractivity contribution in [3.63, 3.8) is 0 Å². The predicted molar refractivity (Wildman–Crippen MR) is 47.6 cm³/mol. The Hall–Kier alpha value is -0.920. The average Bonchev–Trinajstić information content (AvgIpc) is 2.68. The quantitative estimate of drug-likeness (QED) is 0.787. The molecule has 1 saturated heterocycles. The number of carbonyl (C=O) groups excluding carboxylic acids is 1. The fourth-order valence-corrected chi connectivity index (χ4v) is 1.52. The Labute approximate surface area is 94.3 Å². The number of ether oxygens (including phenoxy) is 1. The van der Waals surface area contributed by atoms with E-state index in [1.165, 1.54) is 6.92 Å². The summed E-state index contributed by atoms with van der Waals surface area (Å²) in [5, 5.41) is 1.63. The molecule has 1 aliphatic heterocycles. The van der Waals surface area contributed by atoms with Gasteiger partial charge in [-0.15, -0.1) is 0 Å². The minimum atomic E-state index is -5.88. The summed E-state index contributed by atoms with van der Waals surface area (Å²) in [6, 6.07) is -0.877. The van der Waals surface area contributed by atoms with Crippen LogP contribution < -0.4 is 5.32 Å². The number of alkyl halides is 5. The maximum Gasteiger partial charge on any atom is 0.463 e. The van der Waals surface area contributed by atoms with Crippen molar-refractivity contribution in [3.05, 3.63) is 0 Å². The van der Waals surface area contributed by atoms with Crippen LogP contribution in [0.5, 0.6) is 0 Å². The lowest BCUT2D eigenvalue weighted by Gasteiger charge is -2.24. The molecule has 2 atom stereocenters. The highest BCUT2D eigenvalue weighted by molar-refractivity contribution is 5.84. The van der Waals surface area contributed by atoms with Crippen molar-refractivity contribution >= 4 is 5.91 Å². The number of rotatable bonds is 3. The lowest BCUT2D eigenvalue weighted by atomic mass is 10.1. The van der Waals surface area contributed by atoms with Crippen molar-refractivity contribution in [2.45, 2.75) is 44.0 Å². The molecule has 0 saturated carbocycles. The van der Waals surface area contributed by atoms with Gasteiger partial charge in [0.25, 0.3) is 0 Å². The van der Waals surface area contributed by atoms with E-state index in [0.29, 0.717) is 19.4 Å². The molecule has 100 valence electrons. The summed E-state index contributed by atoms with van der Waals surface area (Å²) in [4.78, 5) is 10.8. The molecule has 3 nitrogen and oxygen atoms in total. The number of hydrogen-bond acceptors (Lipinski definition) is 2. The largest absolute Gasteiger partial charge is 0.463 e. The van der Waals surface area contributed by atoms with Gasteiger partial charge in [0.15, 0.2) is 0 Å². The van der Waals surface area contributed by atoms with Crippen LogP contribution in [0.1, 0.15) is 19.8 Å². The van der Waals surface area contributed by atoms with Crippen LogP contribution in [0.4, 0.5) is 22.0 Å². The molecule has 0 spiro atoms. The van der Waals surface area contributed by atoms with Gasteiger partial charge in [-0.25, -0.2) is 0 Å². The molecule has 0 aromatic rings. The molecule has 1 fully saturated rings. The first-order chi connectivity index (χ1) is 7.66. The maximum atomic E-state index is 12.6. The van der Waals surface area contributed by atoms with Gasteiger partial charge in [0.1, 0.15) is 0 Å². The fourth-order valence-electron chi connectivity index (χ4n) is 1.52. The van der Waals surface area contributed by atoms with E-state index in [2.05, 4.69) is 0 Å². The van der Waals surface area contributed by atoms with Crippen LogP contribution in [0.3, 0.4) is 0 Å². The summed E-state index contributed by atoms with van der Waals surface area (Å²) in [7, 11) is 0. The SMILES string of the molecule is CC(NC(=O)C(F)(F)C(F)(F)F)C1CCCO1. The Balaban J connectivity index is 2.59. The molecule has 1 heterocycles. The zero-order valence-electron chi connectivity index (χ0n) is 8.98. The highest BCUT2D eigenvalue weighted by Gasteiger charge is 2.63. The van der Waals surface area contributed by atoms with Gasteiger partial charge < -0.3 is 10.1 Å². The van der Waals surface area contributed by atoms with Gasteiger partial charge in [-0.2, -0.15) is 22.0 Å². The Morgan fingerprint density at radius 3 is 2.35 bits per heavy atom. The minimum Gasteiger partial charge on any atom is -0.376 e. The van der Waals surface area contributed by atoms with Crippen LogP contribution in [0.25, 0.3) is 0 Å². The van der Waals surface area contributed by atoms with Gasteiger partial charge in [-0.1, -0.05) is 0 Å². The molecule has 0 bridgehead atoms. The minimum absolute atomic E-state index is 0.417. The van der Waals surface area contributed by atoms with Crippen molar-refractivity contribution in [2.75, 3.05) is 6.61 Å². The number of amides is 1. The predicted octanol–water partition coefficient (Wildman–Crippen LogP) is 1.87. The molecule has 1 aliphatic rings. The maximum absolute atomic E-state index is 12.6. The van der Waals surface area contributed by atoms with Crippen LogP contribution in [0, 0.1) is 0 Å². The normalized spacial score (nSPS) is 23.5. The van der Waals surface area contributed by atoms with Crippen LogP contribution in [-0.2, 0) is 9.53 Å². The molecule has 0 aromatic heterocycles. The van der Waals surface area contributed by atoms with Gasteiger partial charge in [0.2, 0.25) is 0 Å². The van der Waals surface area contributed by atoms with E-state index < -0.39 is 30.2 Å². The lowest BCUT2D eigenvalue weighted by molar-refractivity contribution is -0.270. The molecule has 1 rings (SSSR count). The number of carbonyl (C=O) groups is 1. The van der Waals surface area contributed by atoms with Crippen molar-refractivity contribution in [2.24, 2.45) is 0 Å². The van der Waals surface area contributed by atoms with Gasteiger partial charge in [0, 0.05) is 6.61 Å². The topological polar surface area (TPSA) is 38.3 Å². The summed E-state index contributed by atoms with van der Waals surface area (Å²) in [6.07, 6.45) is -5.17. The molecule has 0 radical (unpaired) electrons. The third-order valence-electron chi connectivity index (χ3n) is 2.52. The molecule has 2 unspecified atom stereocenters. The van der Waals surface area contributed by atoms with E-state index >= 15 is 0 Å². The first-order valence-corrected chi connectivity index (χ1v) is 5.03. The van der Waals surface area contributed by atoms with Crippen molar-refractivity contribution in [1.82, 2.24) is 5.32 Å². The van der Waals surface area contributed by atoms with E-state index in [0.717, 1.165) is 0 Å². The summed E-state index contributed by atoms with van der Waals surface area (Å²) < 4.78 is 65.9. The second-order valence-corrected chi connectivity index (χ2v) is 3.89. The van der Waals surface area contributed by atoms with Crippen LogP contribution >= 0.6 is 0 Å². The van der Waals surface area contributed by atoms with Crippen molar-refractivity contribution < 1.29 is 31.5 Å². The van der Waals surface area contributed by atoms with Crippen LogP contribution in [-0.4, -0.2) is 36.8 Å². The highest BCUT2D eigenvalue weighted by Crippen LogP contribution is 2.35. The van der Waals surface area contributed by atoms with Crippen molar-refractivity contribution in [3.8, 4) is 0 Å². The molecule has 17 heavy (non-hydrogen) atoms. The summed E-state index contributed by atoms with van der Waals surface area (Å²) in [6.45, 7) is 1.75. The fraction of sp³-hybridized carbons (Fsp3) is 0.889. The lowest BCUT2D eigenvalue weighted by Crippen LogP contribution is -2.54. The summed E-state index contributed by atoms with van der Waals surface area (Å²) in [5.74, 6) is -7.71. The average molecular weight is 261 g/mol. The van der Waals surface area contributed by atoms with E-state index in [9.17, 15) is 26.7 Å². The molecular weight excluding hydrogens is 249 g/mol. The third-order valence-corrected chi connectivity index (χ3v) is 2.52. The van der Waals surface area contributed by atoms with E-state index in [1.54, 1.807) is 5.32 Å². The van der Waals surface area contributed by atoms with E-state index in [1.807, 2.05) is 0 Å². The van der Waals surface area contributed by atoms with Gasteiger partial charge in [0.05, 0.1) is 12.1 Å². The standard InChI is InChI=1S/C9H12F5NO2/c1-5(6-3-2-4-17-6)15-7(16)8(10,11)9(12,13)14/h5-6H,2-4H2,1H3,(H,15,16). The van der Waals surface area contributed by atoms with E-state index in [-0.39, 0.29) is 0 Å².